The molecule has 3 rings (SSSR count). The normalized spacial score (nSPS) is 12.9. The highest BCUT2D eigenvalue weighted by atomic mass is 16.5. The summed E-state index contributed by atoms with van der Waals surface area (Å²) in [5.41, 5.74) is 4.31. The monoisotopic (exact) mass is 255 g/mol. The van der Waals surface area contributed by atoms with Crippen molar-refractivity contribution in [1.29, 1.82) is 0 Å². The van der Waals surface area contributed by atoms with Crippen LogP contribution in [0.2, 0.25) is 0 Å². The molecule has 4 heteroatoms. The van der Waals surface area contributed by atoms with E-state index >= 15 is 0 Å². The Bertz CT molecular complexity index is 610. The quantitative estimate of drug-likeness (QED) is 0.916. The van der Waals surface area contributed by atoms with Crippen LogP contribution in [0.1, 0.15) is 18.2 Å². The molecule has 0 saturated heterocycles. The molecule has 0 atom stereocenters. The van der Waals surface area contributed by atoms with E-state index < -0.39 is 0 Å². The summed E-state index contributed by atoms with van der Waals surface area (Å²) in [6.45, 7) is 5.63. The van der Waals surface area contributed by atoms with Crippen LogP contribution in [0.3, 0.4) is 0 Å². The first-order chi connectivity index (χ1) is 9.26. The topological polar surface area (TPSA) is 47.0 Å². The third-order valence-corrected chi connectivity index (χ3v) is 3.17. The molecule has 19 heavy (non-hydrogen) atoms. The van der Waals surface area contributed by atoms with E-state index in [1.165, 1.54) is 5.56 Å². The summed E-state index contributed by atoms with van der Waals surface area (Å²) in [7, 11) is 0. The number of nitrogens with zero attached hydrogens (tertiary/aromatic N) is 2. The highest BCUT2D eigenvalue weighted by Gasteiger charge is 2.13. The number of anilines is 1. The summed E-state index contributed by atoms with van der Waals surface area (Å²) < 4.78 is 5.53. The predicted octanol–water partition coefficient (Wildman–Crippen LogP) is 2.82. The van der Waals surface area contributed by atoms with Gasteiger partial charge in [-0.1, -0.05) is 0 Å². The fraction of sp³-hybridized carbons (Fsp3) is 0.333. The number of aryl methyl sites for hydroxylation is 1. The zero-order valence-corrected chi connectivity index (χ0v) is 11.2. The van der Waals surface area contributed by atoms with Gasteiger partial charge in [-0.25, -0.2) is 9.97 Å². The van der Waals surface area contributed by atoms with Crippen molar-refractivity contribution in [2.24, 2.45) is 0 Å². The lowest BCUT2D eigenvalue weighted by molar-refractivity contribution is 0.357. The highest BCUT2D eigenvalue weighted by molar-refractivity contribution is 5.64. The number of hydrogen-bond acceptors (Lipinski definition) is 4. The Kier molecular flexibility index (Phi) is 3.07. The minimum absolute atomic E-state index is 0.689. The molecule has 0 radical (unpaired) electrons. The molecule has 0 bridgehead atoms. The molecular weight excluding hydrogens is 238 g/mol. The van der Waals surface area contributed by atoms with E-state index in [9.17, 15) is 0 Å². The maximum atomic E-state index is 5.53. The van der Waals surface area contributed by atoms with Gasteiger partial charge in [0.15, 0.2) is 0 Å². The summed E-state index contributed by atoms with van der Waals surface area (Å²) >= 11 is 0. The third-order valence-electron chi connectivity index (χ3n) is 3.17. The summed E-state index contributed by atoms with van der Waals surface area (Å²) in [4.78, 5) is 8.93. The molecule has 0 unspecified atom stereocenters. The van der Waals surface area contributed by atoms with E-state index in [0.29, 0.717) is 5.95 Å². The summed E-state index contributed by atoms with van der Waals surface area (Å²) in [5, 5.41) is 3.16. The van der Waals surface area contributed by atoms with Gasteiger partial charge in [-0.15, -0.1) is 0 Å². The second-order valence-electron chi connectivity index (χ2n) is 4.67. The standard InChI is InChI=1S/C15H17N3O/c1-3-16-15-17-10(2)8-13(18-15)11-4-5-14-12(9-11)6-7-19-14/h4-5,8-9H,3,6-7H2,1-2H3,(H,16,17,18). The molecule has 2 heterocycles. The summed E-state index contributed by atoms with van der Waals surface area (Å²) in [6.07, 6.45) is 0.979. The van der Waals surface area contributed by atoms with Gasteiger partial charge in [0.25, 0.3) is 0 Å². The molecule has 0 amide bonds. The van der Waals surface area contributed by atoms with E-state index in [1.807, 2.05) is 26.0 Å². The lowest BCUT2D eigenvalue weighted by Crippen LogP contribution is -2.03. The minimum Gasteiger partial charge on any atom is -0.493 e. The smallest absolute Gasteiger partial charge is 0.223 e. The molecule has 1 N–H and O–H groups in total. The highest BCUT2D eigenvalue weighted by Crippen LogP contribution is 2.30. The van der Waals surface area contributed by atoms with Crippen LogP contribution in [0.15, 0.2) is 24.3 Å². The minimum atomic E-state index is 0.689. The fourth-order valence-corrected chi connectivity index (χ4v) is 2.30. The van der Waals surface area contributed by atoms with E-state index in [4.69, 9.17) is 4.74 Å². The molecule has 1 aromatic heterocycles. The molecule has 0 spiro atoms. The second-order valence-corrected chi connectivity index (χ2v) is 4.67. The molecule has 2 aromatic rings. The average molecular weight is 255 g/mol. The van der Waals surface area contributed by atoms with Gasteiger partial charge in [0.05, 0.1) is 12.3 Å². The third kappa shape index (κ3) is 2.38. The molecule has 0 saturated carbocycles. The number of nitrogens with one attached hydrogen (secondary N) is 1. The average Bonchev–Trinajstić information content (AvgIpc) is 2.85. The van der Waals surface area contributed by atoms with Crippen LogP contribution < -0.4 is 10.1 Å². The molecule has 1 aliphatic heterocycles. The van der Waals surface area contributed by atoms with Gasteiger partial charge in [0, 0.05) is 24.2 Å². The van der Waals surface area contributed by atoms with Crippen molar-refractivity contribution in [3.63, 3.8) is 0 Å². The first-order valence-electron chi connectivity index (χ1n) is 6.62. The van der Waals surface area contributed by atoms with Crippen molar-refractivity contribution in [2.75, 3.05) is 18.5 Å². The fourth-order valence-electron chi connectivity index (χ4n) is 2.30. The predicted molar refractivity (Wildman–Crippen MR) is 75.6 cm³/mol. The number of hydrogen-bond donors (Lipinski definition) is 1. The number of ether oxygens (including phenoxy) is 1. The maximum absolute atomic E-state index is 5.53. The van der Waals surface area contributed by atoms with E-state index in [0.717, 1.165) is 42.3 Å². The molecule has 0 fully saturated rings. The van der Waals surface area contributed by atoms with Gasteiger partial charge >= 0.3 is 0 Å². The van der Waals surface area contributed by atoms with Crippen molar-refractivity contribution in [2.45, 2.75) is 20.3 Å². The van der Waals surface area contributed by atoms with Gasteiger partial charge in [-0.2, -0.15) is 0 Å². The lowest BCUT2D eigenvalue weighted by Gasteiger charge is -2.08. The van der Waals surface area contributed by atoms with Crippen molar-refractivity contribution in [1.82, 2.24) is 9.97 Å². The van der Waals surface area contributed by atoms with Crippen LogP contribution in [0.5, 0.6) is 5.75 Å². The Hall–Kier alpha value is -2.10. The van der Waals surface area contributed by atoms with Crippen molar-refractivity contribution in [3.05, 3.63) is 35.5 Å². The van der Waals surface area contributed by atoms with Crippen molar-refractivity contribution in [3.8, 4) is 17.0 Å². The molecule has 1 aliphatic rings. The summed E-state index contributed by atoms with van der Waals surface area (Å²) in [6, 6.07) is 8.27. The Morgan fingerprint density at radius 2 is 2.16 bits per heavy atom. The second kappa shape index (κ2) is 4.88. The molecule has 0 aliphatic carbocycles. The van der Waals surface area contributed by atoms with Gasteiger partial charge in [-0.05, 0) is 43.7 Å². The van der Waals surface area contributed by atoms with Crippen LogP contribution in [-0.4, -0.2) is 23.1 Å². The van der Waals surface area contributed by atoms with Crippen LogP contribution >= 0.6 is 0 Å². The molecule has 4 nitrogen and oxygen atoms in total. The summed E-state index contributed by atoms with van der Waals surface area (Å²) in [5.74, 6) is 1.69. The number of rotatable bonds is 3. The van der Waals surface area contributed by atoms with Gasteiger partial charge in [0.2, 0.25) is 5.95 Å². The number of benzene rings is 1. The first-order valence-corrected chi connectivity index (χ1v) is 6.62. The van der Waals surface area contributed by atoms with E-state index in [1.54, 1.807) is 0 Å². The molecular formula is C15H17N3O. The zero-order valence-electron chi connectivity index (χ0n) is 11.2. The molecule has 98 valence electrons. The maximum Gasteiger partial charge on any atom is 0.223 e. The Morgan fingerprint density at radius 3 is 3.00 bits per heavy atom. The van der Waals surface area contributed by atoms with Gasteiger partial charge in [-0.3, -0.25) is 0 Å². The van der Waals surface area contributed by atoms with Crippen LogP contribution in [0, 0.1) is 6.92 Å². The van der Waals surface area contributed by atoms with Crippen LogP contribution in [0.4, 0.5) is 5.95 Å². The SMILES string of the molecule is CCNc1nc(C)cc(-c2ccc3c(c2)CCO3)n1. The van der Waals surface area contributed by atoms with E-state index in [-0.39, 0.29) is 0 Å². The van der Waals surface area contributed by atoms with Crippen molar-refractivity contribution >= 4 is 5.95 Å². The number of fused-ring (bicyclic) bond motifs is 1. The Labute approximate surface area is 112 Å². The van der Waals surface area contributed by atoms with Crippen LogP contribution in [0.25, 0.3) is 11.3 Å². The first kappa shape index (κ1) is 12.0. The zero-order chi connectivity index (χ0) is 13.2. The Balaban J connectivity index is 2.01. The van der Waals surface area contributed by atoms with Crippen molar-refractivity contribution < 1.29 is 4.74 Å². The molecule has 1 aromatic carbocycles. The largest absolute Gasteiger partial charge is 0.493 e. The van der Waals surface area contributed by atoms with E-state index in [2.05, 4.69) is 27.4 Å². The van der Waals surface area contributed by atoms with Gasteiger partial charge in [0.1, 0.15) is 5.75 Å². The van der Waals surface area contributed by atoms with Crippen LogP contribution in [-0.2, 0) is 6.42 Å². The van der Waals surface area contributed by atoms with Gasteiger partial charge < -0.3 is 10.1 Å². The number of aromatic nitrogens is 2. The lowest BCUT2D eigenvalue weighted by atomic mass is 10.1. The Morgan fingerprint density at radius 1 is 1.26 bits per heavy atom.